The van der Waals surface area contributed by atoms with E-state index in [-0.39, 0.29) is 37.8 Å². The van der Waals surface area contributed by atoms with Crippen LogP contribution in [0.1, 0.15) is 40.8 Å². The molecule has 0 unspecified atom stereocenters. The highest BCUT2D eigenvalue weighted by molar-refractivity contribution is 7.91. The fourth-order valence-corrected chi connectivity index (χ4v) is 6.65. The monoisotopic (exact) mass is 651 g/mol. The molecule has 232 valence electrons. The Morgan fingerprint density at radius 1 is 0.381 bits per heavy atom. The zero-order valence-electron chi connectivity index (χ0n) is 19.7. The number of benzene rings is 3. The molecule has 0 aliphatic carbocycles. The number of rotatable bonds is 3. The van der Waals surface area contributed by atoms with Crippen LogP contribution in [0.25, 0.3) is 0 Å². The number of hydrogen-bond donors (Lipinski definition) is 0. The first kappa shape index (κ1) is 35.2. The van der Waals surface area contributed by atoms with Gasteiger partial charge in [0, 0.05) is 0 Å². The van der Waals surface area contributed by atoms with E-state index in [0.717, 1.165) is 6.92 Å². The predicted molar refractivity (Wildman–Crippen MR) is 123 cm³/mol. The van der Waals surface area contributed by atoms with Gasteiger partial charge in [-0.2, -0.15) is 65.9 Å². The first-order chi connectivity index (χ1) is 18.2. The first-order valence-electron chi connectivity index (χ1n) is 10.6. The van der Waals surface area contributed by atoms with E-state index in [0.29, 0.717) is 12.1 Å². The summed E-state index contributed by atoms with van der Waals surface area (Å²) >= 11 is 0. The maximum atomic E-state index is 17.3. The van der Waals surface area contributed by atoms with Crippen molar-refractivity contribution in [2.45, 2.75) is 45.2 Å². The number of hydrogen-bond acceptors (Lipinski definition) is 0. The lowest BCUT2D eigenvalue weighted by molar-refractivity contribution is -0.144. The highest BCUT2D eigenvalue weighted by Crippen LogP contribution is 2.59. The second-order valence-electron chi connectivity index (χ2n) is 8.67. The zero-order valence-corrected chi connectivity index (χ0v) is 20.6. The van der Waals surface area contributed by atoms with Gasteiger partial charge in [-0.25, -0.2) is 0 Å². The van der Waals surface area contributed by atoms with E-state index in [1.165, 1.54) is 0 Å². The summed E-state index contributed by atoms with van der Waals surface area (Å²) in [5.41, 5.74) is -11.0. The fraction of sp³-hybridized carbons (Fsp3) is 0.280. The summed E-state index contributed by atoms with van der Waals surface area (Å²) in [5.74, 6) is 0. The molecule has 0 heterocycles. The Morgan fingerprint density at radius 3 is 0.833 bits per heavy atom. The van der Waals surface area contributed by atoms with Gasteiger partial charge in [-0.05, 0) is 71.3 Å². The molecule has 3 aromatic carbocycles. The van der Waals surface area contributed by atoms with Gasteiger partial charge in [0.2, 0.25) is 0 Å². The molecule has 0 nitrogen and oxygen atoms in total. The van der Waals surface area contributed by atoms with Gasteiger partial charge in [-0.15, -0.1) is 0 Å². The summed E-state index contributed by atoms with van der Waals surface area (Å²) in [5, 5.41) is -4.80. The molecule has 0 aliphatic heterocycles. The van der Waals surface area contributed by atoms with Gasteiger partial charge in [0.1, 0.15) is 15.9 Å². The van der Waals surface area contributed by atoms with Gasteiger partial charge >= 0.3 is 30.9 Å². The lowest BCUT2D eigenvalue weighted by atomic mass is 10.1. The molecule has 0 atom stereocenters. The van der Waals surface area contributed by atoms with Gasteiger partial charge in [-0.3, -0.25) is 0 Å². The Bertz CT molecular complexity index is 1300. The van der Waals surface area contributed by atoms with Crippen LogP contribution >= 0.6 is 7.57 Å². The molecular weight excluding hydrogens is 635 g/mol. The third-order valence-electron chi connectivity index (χ3n) is 5.60. The molecule has 0 saturated carbocycles. The van der Waals surface area contributed by atoms with Crippen molar-refractivity contribution in [3.8, 4) is 0 Å². The molecule has 0 N–H and O–H groups in total. The summed E-state index contributed by atoms with van der Waals surface area (Å²) in [6.45, 7) is 0.893. The van der Waals surface area contributed by atoms with E-state index in [9.17, 15) is 65.9 Å². The average molecular weight is 651 g/mol. The molecule has 0 saturated heterocycles. The van der Waals surface area contributed by atoms with Gasteiger partial charge < -0.3 is 0 Å². The second kappa shape index (κ2) is 10.9. The van der Waals surface area contributed by atoms with Crippen LogP contribution in [-0.4, -0.2) is 0 Å². The average Bonchev–Trinajstić information content (AvgIpc) is 2.79. The standard InChI is InChI=1S/C24H12F16P.CH4/c1-11-2-12(20(25,26)27)6-17(3-11)41(40,18-7-13(21(28,29)30)4-14(8-18)22(31,32)33)19-9-15(23(34,35)36)5-16(10-19)24(37,38)39;/h2-10H,1H3;1H4/q+1;. The summed E-state index contributed by atoms with van der Waals surface area (Å²) in [4.78, 5) is 0. The van der Waals surface area contributed by atoms with Crippen LogP contribution in [-0.2, 0) is 30.9 Å². The van der Waals surface area contributed by atoms with E-state index in [4.69, 9.17) is 0 Å². The Labute approximate surface area is 227 Å². The minimum Gasteiger partial charge on any atom is -0.166 e. The quantitative estimate of drug-likeness (QED) is 0.196. The van der Waals surface area contributed by atoms with Gasteiger partial charge in [-0.1, -0.05) is 7.43 Å². The lowest BCUT2D eigenvalue weighted by Gasteiger charge is -2.23. The third-order valence-corrected chi connectivity index (χ3v) is 8.51. The van der Waals surface area contributed by atoms with Crippen LogP contribution < -0.4 is 15.9 Å². The highest BCUT2D eigenvalue weighted by Gasteiger charge is 2.53. The van der Waals surface area contributed by atoms with Crippen molar-refractivity contribution in [1.82, 2.24) is 0 Å². The van der Waals surface area contributed by atoms with E-state index in [1.54, 1.807) is 0 Å². The molecule has 3 aromatic rings. The highest BCUT2D eigenvalue weighted by atomic mass is 31.2. The Balaban J connectivity index is 0.00000616. The van der Waals surface area contributed by atoms with Crippen molar-refractivity contribution in [3.63, 3.8) is 0 Å². The van der Waals surface area contributed by atoms with Gasteiger partial charge in [0.15, 0.2) is 0 Å². The van der Waals surface area contributed by atoms with Crippen LogP contribution in [0.2, 0.25) is 0 Å². The van der Waals surface area contributed by atoms with Gasteiger partial charge in [0.25, 0.3) is 7.57 Å². The molecular formula is C25H16F16P+. The topological polar surface area (TPSA) is 0 Å². The molecule has 17 heteroatoms. The molecule has 0 aromatic heterocycles. The minimum absolute atomic E-state index is 0. The van der Waals surface area contributed by atoms with E-state index >= 15 is 4.20 Å². The van der Waals surface area contributed by atoms with Gasteiger partial charge in [0.05, 0.1) is 27.8 Å². The Morgan fingerprint density at radius 2 is 0.595 bits per heavy atom. The third kappa shape index (κ3) is 7.30. The summed E-state index contributed by atoms with van der Waals surface area (Å²) in [6, 6.07) is -1.33. The van der Waals surface area contributed by atoms with Crippen LogP contribution in [0, 0.1) is 6.92 Å². The molecule has 0 spiro atoms. The van der Waals surface area contributed by atoms with Crippen LogP contribution in [0.3, 0.4) is 0 Å². The van der Waals surface area contributed by atoms with Crippen molar-refractivity contribution < 1.29 is 70.1 Å². The molecule has 0 amide bonds. The molecule has 0 aliphatic rings. The van der Waals surface area contributed by atoms with Crippen LogP contribution in [0.5, 0.6) is 0 Å². The van der Waals surface area contributed by atoms with E-state index < -0.39 is 99.9 Å². The maximum Gasteiger partial charge on any atom is 0.416 e. The molecule has 3 rings (SSSR count). The van der Waals surface area contributed by atoms with Crippen molar-refractivity contribution >= 4 is 23.5 Å². The number of alkyl halides is 15. The Kier molecular flexibility index (Phi) is 9.14. The van der Waals surface area contributed by atoms with Crippen LogP contribution in [0.4, 0.5) is 70.1 Å². The summed E-state index contributed by atoms with van der Waals surface area (Å²) in [7, 11) is -6.04. The first-order valence-corrected chi connectivity index (χ1v) is 12.3. The molecule has 42 heavy (non-hydrogen) atoms. The van der Waals surface area contributed by atoms with Crippen LogP contribution in [0.15, 0.2) is 54.6 Å². The number of halogens is 16. The largest absolute Gasteiger partial charge is 0.416 e. The van der Waals surface area contributed by atoms with E-state index in [1.807, 2.05) is 0 Å². The summed E-state index contributed by atoms with van der Waals surface area (Å²) in [6.07, 6.45) is -27.9. The molecule has 0 fully saturated rings. The SMILES string of the molecule is C.Cc1cc(C(F)(F)F)cc([P+](F)(c2cc(C(F)(F)F)cc(C(F)(F)F)c2)c2cc(C(F)(F)F)cc(C(F)(F)F)c2)c1. The number of aryl methyl sites for hydroxylation is 1. The molecule has 0 radical (unpaired) electrons. The smallest absolute Gasteiger partial charge is 0.166 e. The second-order valence-corrected chi connectivity index (χ2v) is 11.4. The maximum absolute atomic E-state index is 17.3. The minimum atomic E-state index is -6.04. The lowest BCUT2D eigenvalue weighted by Crippen LogP contribution is -2.32. The predicted octanol–water partition coefficient (Wildman–Crippen LogP) is 9.90. The summed E-state index contributed by atoms with van der Waals surface area (Å²) < 4.78 is 220. The van der Waals surface area contributed by atoms with Crippen molar-refractivity contribution in [3.05, 3.63) is 88.0 Å². The Hall–Kier alpha value is -3.03. The normalized spacial score (nSPS) is 13.6. The van der Waals surface area contributed by atoms with Crippen molar-refractivity contribution in [2.75, 3.05) is 0 Å². The van der Waals surface area contributed by atoms with Crippen molar-refractivity contribution in [1.29, 1.82) is 0 Å². The fourth-order valence-electron chi connectivity index (χ4n) is 3.78. The molecule has 0 bridgehead atoms. The van der Waals surface area contributed by atoms with E-state index in [2.05, 4.69) is 0 Å². The van der Waals surface area contributed by atoms with Crippen molar-refractivity contribution in [2.24, 2.45) is 0 Å². The zero-order chi connectivity index (χ0) is 31.6.